The standard InChI is InChI=1S/C13H23N3O2/c1-4-11(17-5-2)12-15-13(18-16-12)10-8-9(3)6-7-14-10/h9-11,14H,4-8H2,1-3H3. The van der Waals surface area contributed by atoms with Gasteiger partial charge in [0.15, 0.2) is 0 Å². The topological polar surface area (TPSA) is 60.2 Å². The summed E-state index contributed by atoms with van der Waals surface area (Å²) in [5.74, 6) is 2.09. The minimum Gasteiger partial charge on any atom is -0.370 e. The molecule has 0 aliphatic carbocycles. The molecule has 0 radical (unpaired) electrons. The van der Waals surface area contributed by atoms with Crippen molar-refractivity contribution in [2.75, 3.05) is 13.2 Å². The summed E-state index contributed by atoms with van der Waals surface area (Å²) in [4.78, 5) is 4.49. The molecule has 1 aromatic heterocycles. The molecule has 3 atom stereocenters. The molecule has 3 unspecified atom stereocenters. The van der Waals surface area contributed by atoms with E-state index in [9.17, 15) is 0 Å². The third-order valence-corrected chi connectivity index (χ3v) is 3.45. The molecule has 1 aromatic rings. The van der Waals surface area contributed by atoms with Gasteiger partial charge in [0.05, 0.1) is 6.04 Å². The van der Waals surface area contributed by atoms with E-state index < -0.39 is 0 Å². The molecule has 1 aliphatic heterocycles. The largest absolute Gasteiger partial charge is 0.370 e. The number of ether oxygens (including phenoxy) is 1. The molecular weight excluding hydrogens is 230 g/mol. The summed E-state index contributed by atoms with van der Waals surface area (Å²) in [7, 11) is 0. The van der Waals surface area contributed by atoms with Gasteiger partial charge in [-0.2, -0.15) is 4.98 Å². The Bertz CT molecular complexity index is 367. The molecule has 1 saturated heterocycles. The average Bonchev–Trinajstić information content (AvgIpc) is 2.85. The van der Waals surface area contributed by atoms with Crippen LogP contribution < -0.4 is 5.32 Å². The van der Waals surface area contributed by atoms with Crippen molar-refractivity contribution < 1.29 is 9.26 Å². The van der Waals surface area contributed by atoms with Gasteiger partial charge in [0, 0.05) is 6.61 Å². The van der Waals surface area contributed by atoms with Crippen molar-refractivity contribution >= 4 is 0 Å². The number of piperidine rings is 1. The smallest absolute Gasteiger partial charge is 0.243 e. The van der Waals surface area contributed by atoms with Crippen molar-refractivity contribution in [1.82, 2.24) is 15.5 Å². The summed E-state index contributed by atoms with van der Waals surface area (Å²) in [6.45, 7) is 8.00. The van der Waals surface area contributed by atoms with E-state index >= 15 is 0 Å². The maximum absolute atomic E-state index is 5.59. The Balaban J connectivity index is 2.04. The fourth-order valence-corrected chi connectivity index (χ4v) is 2.39. The summed E-state index contributed by atoms with van der Waals surface area (Å²) >= 11 is 0. The zero-order valence-corrected chi connectivity index (χ0v) is 11.5. The van der Waals surface area contributed by atoms with Gasteiger partial charge >= 0.3 is 0 Å². The number of hydrogen-bond acceptors (Lipinski definition) is 5. The van der Waals surface area contributed by atoms with E-state index in [4.69, 9.17) is 9.26 Å². The van der Waals surface area contributed by atoms with Crippen LogP contribution in [0.15, 0.2) is 4.52 Å². The Morgan fingerprint density at radius 2 is 2.33 bits per heavy atom. The third kappa shape index (κ3) is 3.09. The Kier molecular flexibility index (Phi) is 4.72. The second kappa shape index (κ2) is 6.29. The molecule has 1 aliphatic rings. The van der Waals surface area contributed by atoms with E-state index in [1.165, 1.54) is 6.42 Å². The van der Waals surface area contributed by atoms with Crippen molar-refractivity contribution in [3.05, 3.63) is 11.7 Å². The van der Waals surface area contributed by atoms with Crippen molar-refractivity contribution in [1.29, 1.82) is 0 Å². The van der Waals surface area contributed by atoms with E-state index in [1.807, 2.05) is 6.92 Å². The predicted molar refractivity (Wildman–Crippen MR) is 68.1 cm³/mol. The maximum atomic E-state index is 5.59. The molecule has 5 nitrogen and oxygen atoms in total. The van der Waals surface area contributed by atoms with E-state index in [0.29, 0.717) is 24.2 Å². The number of aromatic nitrogens is 2. The van der Waals surface area contributed by atoms with Gasteiger partial charge in [0.1, 0.15) is 6.10 Å². The minimum absolute atomic E-state index is 0.0477. The van der Waals surface area contributed by atoms with E-state index in [2.05, 4.69) is 29.3 Å². The molecule has 0 bridgehead atoms. The number of rotatable bonds is 5. The third-order valence-electron chi connectivity index (χ3n) is 3.45. The van der Waals surface area contributed by atoms with Crippen molar-refractivity contribution in [3.8, 4) is 0 Å². The SMILES string of the molecule is CCOC(CC)c1noc(C2CC(C)CCN2)n1. The first-order valence-corrected chi connectivity index (χ1v) is 6.93. The van der Waals surface area contributed by atoms with Gasteiger partial charge in [0.2, 0.25) is 11.7 Å². The van der Waals surface area contributed by atoms with Gasteiger partial charge in [-0.3, -0.25) is 0 Å². The Labute approximate surface area is 108 Å². The van der Waals surface area contributed by atoms with Gasteiger partial charge in [-0.25, -0.2) is 0 Å². The normalized spacial score (nSPS) is 26.2. The first kappa shape index (κ1) is 13.5. The van der Waals surface area contributed by atoms with Gasteiger partial charge in [-0.15, -0.1) is 0 Å². The Hall–Kier alpha value is -0.940. The molecule has 0 amide bonds. The van der Waals surface area contributed by atoms with Crippen molar-refractivity contribution in [2.24, 2.45) is 5.92 Å². The van der Waals surface area contributed by atoms with Crippen LogP contribution in [0.5, 0.6) is 0 Å². The highest BCUT2D eigenvalue weighted by atomic mass is 16.5. The molecular formula is C13H23N3O2. The zero-order chi connectivity index (χ0) is 13.0. The van der Waals surface area contributed by atoms with E-state index in [0.717, 1.165) is 19.4 Å². The second-order valence-electron chi connectivity index (χ2n) is 4.98. The van der Waals surface area contributed by atoms with Crippen LogP contribution in [0.1, 0.15) is 63.9 Å². The zero-order valence-electron chi connectivity index (χ0n) is 11.5. The molecule has 5 heteroatoms. The predicted octanol–water partition coefficient (Wildman–Crippen LogP) is 2.62. The number of nitrogens with one attached hydrogen (secondary N) is 1. The lowest BCUT2D eigenvalue weighted by Crippen LogP contribution is -2.31. The van der Waals surface area contributed by atoms with Crippen LogP contribution in [-0.2, 0) is 4.74 Å². The van der Waals surface area contributed by atoms with Crippen molar-refractivity contribution in [2.45, 2.75) is 52.2 Å². The lowest BCUT2D eigenvalue weighted by Gasteiger charge is -2.25. The summed E-state index contributed by atoms with van der Waals surface area (Å²) in [5.41, 5.74) is 0. The molecule has 2 rings (SSSR count). The molecule has 1 fully saturated rings. The van der Waals surface area contributed by atoms with Gasteiger partial charge in [-0.1, -0.05) is 19.0 Å². The first-order valence-electron chi connectivity index (χ1n) is 6.93. The summed E-state index contributed by atoms with van der Waals surface area (Å²) < 4.78 is 11.0. The quantitative estimate of drug-likeness (QED) is 0.874. The maximum Gasteiger partial charge on any atom is 0.243 e. The van der Waals surface area contributed by atoms with Crippen LogP contribution in [0, 0.1) is 5.92 Å². The first-order chi connectivity index (χ1) is 8.74. The molecule has 0 spiro atoms. The lowest BCUT2D eigenvalue weighted by atomic mass is 9.94. The summed E-state index contributed by atoms with van der Waals surface area (Å²) in [5, 5.41) is 7.49. The van der Waals surface area contributed by atoms with Crippen LogP contribution >= 0.6 is 0 Å². The van der Waals surface area contributed by atoms with Gasteiger partial charge in [0.25, 0.3) is 0 Å². The van der Waals surface area contributed by atoms with E-state index in [-0.39, 0.29) is 12.1 Å². The summed E-state index contributed by atoms with van der Waals surface area (Å²) in [6, 6.07) is 0.203. The second-order valence-corrected chi connectivity index (χ2v) is 4.98. The highest BCUT2D eigenvalue weighted by molar-refractivity contribution is 4.97. The van der Waals surface area contributed by atoms with Gasteiger partial charge < -0.3 is 14.6 Å². The molecule has 102 valence electrons. The molecule has 1 N–H and O–H groups in total. The summed E-state index contributed by atoms with van der Waals surface area (Å²) in [6.07, 6.45) is 3.09. The monoisotopic (exact) mass is 253 g/mol. The molecule has 0 aromatic carbocycles. The Morgan fingerprint density at radius 1 is 1.50 bits per heavy atom. The number of nitrogens with zero attached hydrogens (tertiary/aromatic N) is 2. The average molecular weight is 253 g/mol. The van der Waals surface area contributed by atoms with Crippen LogP contribution in [-0.4, -0.2) is 23.3 Å². The fraction of sp³-hybridized carbons (Fsp3) is 0.846. The number of hydrogen-bond donors (Lipinski definition) is 1. The molecule has 0 saturated carbocycles. The lowest BCUT2D eigenvalue weighted by molar-refractivity contribution is 0.0518. The van der Waals surface area contributed by atoms with Crippen LogP contribution in [0.4, 0.5) is 0 Å². The highest BCUT2D eigenvalue weighted by Gasteiger charge is 2.26. The minimum atomic E-state index is -0.0477. The Morgan fingerprint density at radius 3 is 3.00 bits per heavy atom. The molecule has 18 heavy (non-hydrogen) atoms. The van der Waals surface area contributed by atoms with Crippen molar-refractivity contribution in [3.63, 3.8) is 0 Å². The highest BCUT2D eigenvalue weighted by Crippen LogP contribution is 2.27. The fourth-order valence-electron chi connectivity index (χ4n) is 2.39. The van der Waals surface area contributed by atoms with Crippen LogP contribution in [0.2, 0.25) is 0 Å². The molecule has 2 heterocycles. The van der Waals surface area contributed by atoms with E-state index in [1.54, 1.807) is 0 Å². The van der Waals surface area contributed by atoms with Gasteiger partial charge in [-0.05, 0) is 38.6 Å². The van der Waals surface area contributed by atoms with Crippen LogP contribution in [0.25, 0.3) is 0 Å². The van der Waals surface area contributed by atoms with Crippen LogP contribution in [0.3, 0.4) is 0 Å².